The molecular weight excluding hydrogens is 360 g/mol. The lowest BCUT2D eigenvalue weighted by Gasteiger charge is -2.34. The molecule has 27 heavy (non-hydrogen) atoms. The standard InChI is InChI=1S/C21H26N2O3S/c1-15-6-7-16(2)21(17(15)3)26-14-20(25)23-10-8-22(9-11-23)19(24)13-18-5-4-12-27-18/h4-7,12H,8-11,13-14H2,1-3H3. The molecule has 0 spiro atoms. The van der Waals surface area contributed by atoms with E-state index in [1.807, 2.05) is 49.3 Å². The number of thiophene rings is 1. The molecule has 1 aliphatic heterocycles. The summed E-state index contributed by atoms with van der Waals surface area (Å²) in [4.78, 5) is 29.6. The fourth-order valence-corrected chi connectivity index (χ4v) is 3.95. The quantitative estimate of drug-likeness (QED) is 0.794. The van der Waals surface area contributed by atoms with Crippen molar-refractivity contribution in [3.05, 3.63) is 51.2 Å². The van der Waals surface area contributed by atoms with Crippen LogP contribution in [0.2, 0.25) is 0 Å². The summed E-state index contributed by atoms with van der Waals surface area (Å²) < 4.78 is 5.84. The van der Waals surface area contributed by atoms with E-state index in [0.29, 0.717) is 32.6 Å². The van der Waals surface area contributed by atoms with E-state index in [9.17, 15) is 9.59 Å². The zero-order chi connectivity index (χ0) is 19.4. The highest BCUT2D eigenvalue weighted by Gasteiger charge is 2.24. The number of benzene rings is 1. The van der Waals surface area contributed by atoms with Crippen LogP contribution in [-0.4, -0.2) is 54.4 Å². The second kappa shape index (κ2) is 8.57. The summed E-state index contributed by atoms with van der Waals surface area (Å²) in [5, 5.41) is 1.98. The lowest BCUT2D eigenvalue weighted by molar-refractivity contribution is -0.140. The molecule has 1 fully saturated rings. The molecule has 0 radical (unpaired) electrons. The number of aryl methyl sites for hydroxylation is 2. The number of hydrogen-bond donors (Lipinski definition) is 0. The number of rotatable bonds is 5. The molecule has 6 heteroatoms. The Kier molecular flexibility index (Phi) is 6.16. The van der Waals surface area contributed by atoms with Gasteiger partial charge in [-0.2, -0.15) is 0 Å². The molecule has 1 aliphatic rings. The average molecular weight is 387 g/mol. The predicted octanol–water partition coefficient (Wildman–Crippen LogP) is 2.97. The number of carbonyl (C=O) groups excluding carboxylic acids is 2. The number of piperazine rings is 1. The highest BCUT2D eigenvalue weighted by Crippen LogP contribution is 2.25. The van der Waals surface area contributed by atoms with Gasteiger partial charge in [-0.15, -0.1) is 11.3 Å². The smallest absolute Gasteiger partial charge is 0.260 e. The summed E-state index contributed by atoms with van der Waals surface area (Å²) in [6.07, 6.45) is 0.445. The van der Waals surface area contributed by atoms with E-state index in [4.69, 9.17) is 4.74 Å². The van der Waals surface area contributed by atoms with Crippen molar-refractivity contribution in [3.8, 4) is 5.75 Å². The van der Waals surface area contributed by atoms with E-state index in [-0.39, 0.29) is 18.4 Å². The molecule has 2 amide bonds. The van der Waals surface area contributed by atoms with Crippen LogP contribution in [0, 0.1) is 20.8 Å². The van der Waals surface area contributed by atoms with E-state index in [1.54, 1.807) is 16.2 Å². The Labute approximate surface area is 164 Å². The fourth-order valence-electron chi connectivity index (χ4n) is 3.25. The molecule has 1 aromatic carbocycles. The van der Waals surface area contributed by atoms with Crippen LogP contribution in [0.1, 0.15) is 21.6 Å². The molecule has 0 aliphatic carbocycles. The summed E-state index contributed by atoms with van der Waals surface area (Å²) in [5.74, 6) is 0.903. The van der Waals surface area contributed by atoms with E-state index in [2.05, 4.69) is 6.07 Å². The molecule has 0 unspecified atom stereocenters. The van der Waals surface area contributed by atoms with Gasteiger partial charge >= 0.3 is 0 Å². The van der Waals surface area contributed by atoms with Crippen molar-refractivity contribution in [2.24, 2.45) is 0 Å². The van der Waals surface area contributed by atoms with Crippen molar-refractivity contribution in [1.82, 2.24) is 9.80 Å². The summed E-state index contributed by atoms with van der Waals surface area (Å²) in [5.41, 5.74) is 3.27. The summed E-state index contributed by atoms with van der Waals surface area (Å²) in [6, 6.07) is 8.02. The van der Waals surface area contributed by atoms with Crippen LogP contribution in [0.25, 0.3) is 0 Å². The van der Waals surface area contributed by atoms with Crippen LogP contribution in [0.5, 0.6) is 5.75 Å². The second-order valence-corrected chi connectivity index (χ2v) is 7.99. The van der Waals surface area contributed by atoms with Crippen molar-refractivity contribution >= 4 is 23.2 Å². The van der Waals surface area contributed by atoms with Gasteiger partial charge in [-0.3, -0.25) is 9.59 Å². The molecule has 0 bridgehead atoms. The van der Waals surface area contributed by atoms with Gasteiger partial charge < -0.3 is 14.5 Å². The minimum Gasteiger partial charge on any atom is -0.483 e. The van der Waals surface area contributed by atoms with Crippen LogP contribution in [0.4, 0.5) is 0 Å². The molecule has 0 N–H and O–H groups in total. The van der Waals surface area contributed by atoms with Gasteiger partial charge in [-0.1, -0.05) is 18.2 Å². The van der Waals surface area contributed by atoms with Gasteiger partial charge in [0.05, 0.1) is 6.42 Å². The molecule has 0 saturated carbocycles. The first kappa shape index (κ1) is 19.4. The summed E-state index contributed by atoms with van der Waals surface area (Å²) in [7, 11) is 0. The molecule has 0 atom stereocenters. The van der Waals surface area contributed by atoms with Crippen molar-refractivity contribution in [1.29, 1.82) is 0 Å². The van der Waals surface area contributed by atoms with Gasteiger partial charge in [0, 0.05) is 31.1 Å². The first-order valence-corrected chi connectivity index (χ1v) is 10.1. The third kappa shape index (κ3) is 4.69. The van der Waals surface area contributed by atoms with Crippen LogP contribution in [-0.2, 0) is 16.0 Å². The predicted molar refractivity (Wildman–Crippen MR) is 107 cm³/mol. The minimum absolute atomic E-state index is 0.0272. The van der Waals surface area contributed by atoms with Gasteiger partial charge in [-0.25, -0.2) is 0 Å². The zero-order valence-corrected chi connectivity index (χ0v) is 17.0. The Balaban J connectivity index is 1.49. The number of hydrogen-bond acceptors (Lipinski definition) is 4. The van der Waals surface area contributed by atoms with Crippen molar-refractivity contribution in [2.45, 2.75) is 27.2 Å². The molecule has 5 nitrogen and oxygen atoms in total. The Morgan fingerprint density at radius 3 is 2.22 bits per heavy atom. The third-order valence-corrected chi connectivity index (χ3v) is 5.98. The number of nitrogens with zero attached hydrogens (tertiary/aromatic N) is 2. The van der Waals surface area contributed by atoms with Crippen molar-refractivity contribution in [3.63, 3.8) is 0 Å². The molecule has 2 heterocycles. The van der Waals surface area contributed by atoms with Crippen LogP contribution < -0.4 is 4.74 Å². The van der Waals surface area contributed by atoms with E-state index >= 15 is 0 Å². The van der Waals surface area contributed by atoms with Gasteiger partial charge in [0.2, 0.25) is 5.91 Å². The number of amides is 2. The highest BCUT2D eigenvalue weighted by atomic mass is 32.1. The summed E-state index contributed by atoms with van der Waals surface area (Å²) >= 11 is 1.60. The zero-order valence-electron chi connectivity index (χ0n) is 16.2. The number of ether oxygens (including phenoxy) is 1. The van der Waals surface area contributed by atoms with Gasteiger partial charge in [0.15, 0.2) is 6.61 Å². The van der Waals surface area contributed by atoms with Crippen LogP contribution in [0.15, 0.2) is 29.6 Å². The topological polar surface area (TPSA) is 49.9 Å². The number of carbonyl (C=O) groups is 2. The third-order valence-electron chi connectivity index (χ3n) is 5.10. The normalized spacial score (nSPS) is 14.3. The Morgan fingerprint density at radius 2 is 1.59 bits per heavy atom. The van der Waals surface area contributed by atoms with Crippen molar-refractivity contribution in [2.75, 3.05) is 32.8 Å². The largest absolute Gasteiger partial charge is 0.483 e. The van der Waals surface area contributed by atoms with Gasteiger partial charge in [-0.05, 0) is 48.9 Å². The van der Waals surface area contributed by atoms with Gasteiger partial charge in [0.25, 0.3) is 5.91 Å². The fraction of sp³-hybridized carbons (Fsp3) is 0.429. The molecule has 3 rings (SSSR count). The molecule has 2 aromatic rings. The van der Waals surface area contributed by atoms with E-state index in [0.717, 1.165) is 27.3 Å². The van der Waals surface area contributed by atoms with Crippen LogP contribution in [0.3, 0.4) is 0 Å². The highest BCUT2D eigenvalue weighted by molar-refractivity contribution is 7.10. The maximum atomic E-state index is 12.5. The van der Waals surface area contributed by atoms with Gasteiger partial charge in [0.1, 0.15) is 5.75 Å². The van der Waals surface area contributed by atoms with E-state index in [1.165, 1.54) is 0 Å². The second-order valence-electron chi connectivity index (χ2n) is 6.96. The maximum Gasteiger partial charge on any atom is 0.260 e. The Bertz CT molecular complexity index is 809. The molecular formula is C21H26N2O3S. The first-order chi connectivity index (χ1) is 13.0. The molecule has 1 aromatic heterocycles. The lowest BCUT2D eigenvalue weighted by atomic mass is 10.1. The maximum absolute atomic E-state index is 12.5. The minimum atomic E-state index is -0.0272. The SMILES string of the molecule is Cc1ccc(C)c(OCC(=O)N2CCN(C(=O)Cc3cccs3)CC2)c1C. The monoisotopic (exact) mass is 386 g/mol. The summed E-state index contributed by atoms with van der Waals surface area (Å²) in [6.45, 7) is 8.36. The Hall–Kier alpha value is -2.34. The molecule has 1 saturated heterocycles. The van der Waals surface area contributed by atoms with Crippen molar-refractivity contribution < 1.29 is 14.3 Å². The Morgan fingerprint density at radius 1 is 0.963 bits per heavy atom. The van der Waals surface area contributed by atoms with Crippen LogP contribution >= 0.6 is 11.3 Å². The van der Waals surface area contributed by atoms with E-state index < -0.39 is 0 Å². The average Bonchev–Trinajstić information content (AvgIpc) is 3.18. The first-order valence-electron chi connectivity index (χ1n) is 9.23. The lowest BCUT2D eigenvalue weighted by Crippen LogP contribution is -2.52. The molecule has 144 valence electrons.